The third-order valence-corrected chi connectivity index (χ3v) is 4.70. The zero-order chi connectivity index (χ0) is 21.7. The van der Waals surface area contributed by atoms with Gasteiger partial charge in [-0.25, -0.2) is 9.59 Å². The van der Waals surface area contributed by atoms with E-state index in [0.29, 0.717) is 17.7 Å². The molecule has 2 amide bonds. The molecule has 0 aliphatic heterocycles. The Kier molecular flexibility index (Phi) is 6.51. The van der Waals surface area contributed by atoms with E-state index in [9.17, 15) is 14.4 Å². The number of nitrogens with two attached hydrogens (primary N) is 1. The van der Waals surface area contributed by atoms with Crippen molar-refractivity contribution >= 4 is 28.7 Å². The number of hydrogen-bond acceptors (Lipinski definition) is 4. The number of rotatable bonds is 8. The highest BCUT2D eigenvalue weighted by molar-refractivity contribution is 6.14. The zero-order valence-electron chi connectivity index (χ0n) is 17.0. The second kappa shape index (κ2) is 9.26. The topological polar surface area (TPSA) is 114 Å². The van der Waals surface area contributed by atoms with Gasteiger partial charge in [0, 0.05) is 10.9 Å². The molecule has 0 radical (unpaired) electrons. The Balaban J connectivity index is 1.84. The highest BCUT2D eigenvalue weighted by Gasteiger charge is 2.25. The number of hydrogen-bond donors (Lipinski definition) is 3. The minimum absolute atomic E-state index is 0.128. The number of aromatic amines is 1. The van der Waals surface area contributed by atoms with Crippen molar-refractivity contribution in [2.75, 3.05) is 6.61 Å². The number of fused-ring (bicyclic) bond motifs is 1. The summed E-state index contributed by atoms with van der Waals surface area (Å²) >= 11 is 0. The van der Waals surface area contributed by atoms with E-state index in [1.54, 1.807) is 0 Å². The van der Waals surface area contributed by atoms with Crippen LogP contribution in [0.2, 0.25) is 0 Å². The van der Waals surface area contributed by atoms with Gasteiger partial charge in [0.2, 0.25) is 5.78 Å². The maximum absolute atomic E-state index is 13.1. The number of esters is 1. The summed E-state index contributed by atoms with van der Waals surface area (Å²) in [6.45, 7) is 3.38. The Morgan fingerprint density at radius 1 is 1.03 bits per heavy atom. The first-order valence-electron chi connectivity index (χ1n) is 9.78. The SMILES string of the molecule is CC(C)CC(NC(N)=O)C(=O)OCC(=O)c1c(-c2ccccc2)[nH]c2ccccc12. The molecule has 1 heterocycles. The molecule has 1 aromatic heterocycles. The molecule has 0 spiro atoms. The lowest BCUT2D eigenvalue weighted by Gasteiger charge is -2.18. The third-order valence-electron chi connectivity index (χ3n) is 4.70. The number of benzene rings is 2. The van der Waals surface area contributed by atoms with Crippen molar-refractivity contribution in [2.45, 2.75) is 26.3 Å². The van der Waals surface area contributed by atoms with Crippen molar-refractivity contribution in [1.29, 1.82) is 0 Å². The number of carbonyl (C=O) groups excluding carboxylic acids is 3. The summed E-state index contributed by atoms with van der Waals surface area (Å²) in [5.41, 5.74) is 7.97. The van der Waals surface area contributed by atoms with Crippen LogP contribution in [0.1, 0.15) is 30.6 Å². The summed E-state index contributed by atoms with van der Waals surface area (Å²) in [5.74, 6) is -0.887. The predicted molar refractivity (Wildman–Crippen MR) is 115 cm³/mol. The van der Waals surface area contributed by atoms with Gasteiger partial charge in [-0.3, -0.25) is 4.79 Å². The monoisotopic (exact) mass is 407 g/mol. The molecule has 7 nitrogen and oxygen atoms in total. The molecule has 30 heavy (non-hydrogen) atoms. The number of primary amides is 1. The van der Waals surface area contributed by atoms with Gasteiger partial charge in [0.05, 0.1) is 11.3 Å². The lowest BCUT2D eigenvalue weighted by Crippen LogP contribution is -2.45. The van der Waals surface area contributed by atoms with Gasteiger partial charge in [0.15, 0.2) is 6.61 Å². The average Bonchev–Trinajstić information content (AvgIpc) is 3.11. The average molecular weight is 407 g/mol. The van der Waals surface area contributed by atoms with Gasteiger partial charge in [-0.15, -0.1) is 0 Å². The van der Waals surface area contributed by atoms with Crippen LogP contribution in [0.25, 0.3) is 22.2 Å². The maximum Gasteiger partial charge on any atom is 0.329 e. The van der Waals surface area contributed by atoms with E-state index in [1.807, 2.05) is 68.4 Å². The van der Waals surface area contributed by atoms with Crippen molar-refractivity contribution in [3.63, 3.8) is 0 Å². The molecule has 0 saturated heterocycles. The molecule has 0 fully saturated rings. The van der Waals surface area contributed by atoms with E-state index >= 15 is 0 Å². The number of urea groups is 1. The van der Waals surface area contributed by atoms with Crippen LogP contribution in [0.3, 0.4) is 0 Å². The fourth-order valence-corrected chi connectivity index (χ4v) is 3.42. The second-order valence-electron chi connectivity index (χ2n) is 7.51. The van der Waals surface area contributed by atoms with Crippen LogP contribution in [-0.2, 0) is 9.53 Å². The summed E-state index contributed by atoms with van der Waals surface area (Å²) in [6, 6.07) is 15.3. The van der Waals surface area contributed by atoms with E-state index in [1.165, 1.54) is 0 Å². The number of ketones is 1. The molecule has 3 rings (SSSR count). The summed E-state index contributed by atoms with van der Waals surface area (Å²) in [7, 11) is 0. The normalized spacial score (nSPS) is 12.0. The Labute approximate surface area is 174 Å². The summed E-state index contributed by atoms with van der Waals surface area (Å²) < 4.78 is 5.26. The molecule has 156 valence electrons. The van der Waals surface area contributed by atoms with Crippen molar-refractivity contribution in [1.82, 2.24) is 10.3 Å². The number of H-pyrrole nitrogens is 1. The fraction of sp³-hybridized carbons (Fsp3) is 0.261. The van der Waals surface area contributed by atoms with Crippen LogP contribution in [0, 0.1) is 5.92 Å². The van der Waals surface area contributed by atoms with E-state index < -0.39 is 24.6 Å². The molecule has 1 unspecified atom stereocenters. The van der Waals surface area contributed by atoms with Crippen molar-refractivity contribution in [3.05, 3.63) is 60.2 Å². The summed E-state index contributed by atoms with van der Waals surface area (Å²) in [6.07, 6.45) is 0.359. The van der Waals surface area contributed by atoms with Crippen LogP contribution in [0.4, 0.5) is 4.79 Å². The van der Waals surface area contributed by atoms with Gasteiger partial charge >= 0.3 is 12.0 Å². The van der Waals surface area contributed by atoms with Crippen molar-refractivity contribution in [2.24, 2.45) is 11.7 Å². The molecular formula is C23H25N3O4. The molecule has 0 saturated carbocycles. The highest BCUT2D eigenvalue weighted by Crippen LogP contribution is 2.30. The number of amides is 2. The van der Waals surface area contributed by atoms with E-state index in [4.69, 9.17) is 10.5 Å². The molecule has 4 N–H and O–H groups in total. The van der Waals surface area contributed by atoms with Crippen LogP contribution < -0.4 is 11.1 Å². The summed E-state index contributed by atoms with van der Waals surface area (Å²) in [5, 5.41) is 3.14. The number of Topliss-reactive ketones (excluding diaryl/α,β-unsaturated/α-hetero) is 1. The second-order valence-corrected chi connectivity index (χ2v) is 7.51. The van der Waals surface area contributed by atoms with Gasteiger partial charge in [0.1, 0.15) is 6.04 Å². The molecule has 0 aliphatic rings. The number of carbonyl (C=O) groups is 3. The number of nitrogens with one attached hydrogen (secondary N) is 2. The third kappa shape index (κ3) is 4.86. The maximum atomic E-state index is 13.1. The highest BCUT2D eigenvalue weighted by atomic mass is 16.5. The predicted octanol–water partition coefficient (Wildman–Crippen LogP) is 3.64. The number of ether oxygens (including phenoxy) is 1. The van der Waals surface area contributed by atoms with Crippen molar-refractivity contribution < 1.29 is 19.1 Å². The smallest absolute Gasteiger partial charge is 0.329 e. The molecule has 3 aromatic rings. The first kappa shape index (κ1) is 21.1. The molecule has 0 bridgehead atoms. The first-order chi connectivity index (χ1) is 14.4. The van der Waals surface area contributed by atoms with E-state index in [0.717, 1.165) is 16.5 Å². The number of para-hydroxylation sites is 1. The van der Waals surface area contributed by atoms with Crippen LogP contribution >= 0.6 is 0 Å². The zero-order valence-corrected chi connectivity index (χ0v) is 17.0. The Morgan fingerprint density at radius 3 is 2.37 bits per heavy atom. The fourth-order valence-electron chi connectivity index (χ4n) is 3.42. The Morgan fingerprint density at radius 2 is 1.70 bits per heavy atom. The lowest BCUT2D eigenvalue weighted by atomic mass is 10.0. The first-order valence-corrected chi connectivity index (χ1v) is 9.78. The molecule has 2 aromatic carbocycles. The van der Waals surface area contributed by atoms with Gasteiger partial charge in [0.25, 0.3) is 0 Å². The van der Waals surface area contributed by atoms with Crippen molar-refractivity contribution in [3.8, 4) is 11.3 Å². The van der Waals surface area contributed by atoms with Gasteiger partial charge in [-0.05, 0) is 24.0 Å². The van der Waals surface area contributed by atoms with E-state index in [-0.39, 0.29) is 11.7 Å². The lowest BCUT2D eigenvalue weighted by molar-refractivity contribution is -0.145. The van der Waals surface area contributed by atoms with Crippen LogP contribution in [-0.4, -0.2) is 35.4 Å². The van der Waals surface area contributed by atoms with Crippen LogP contribution in [0.15, 0.2) is 54.6 Å². The summed E-state index contributed by atoms with van der Waals surface area (Å²) in [4.78, 5) is 40.0. The van der Waals surface area contributed by atoms with E-state index in [2.05, 4.69) is 10.3 Å². The van der Waals surface area contributed by atoms with Gasteiger partial charge in [-0.1, -0.05) is 62.4 Å². The molecular weight excluding hydrogens is 382 g/mol. The standard InChI is InChI=1S/C23H25N3O4/c1-14(2)12-18(26-23(24)29)22(28)30-13-19(27)20-16-10-6-7-11-17(16)25-21(20)15-8-4-3-5-9-15/h3-11,14,18,25H,12-13H2,1-2H3,(H3,24,26,29). The minimum atomic E-state index is -0.896. The molecule has 0 aliphatic carbocycles. The molecule has 7 heteroatoms. The number of aromatic nitrogens is 1. The van der Waals surface area contributed by atoms with Gasteiger partial charge < -0.3 is 20.8 Å². The van der Waals surface area contributed by atoms with Gasteiger partial charge in [-0.2, -0.15) is 0 Å². The minimum Gasteiger partial charge on any atom is -0.456 e. The molecule has 1 atom stereocenters. The van der Waals surface area contributed by atoms with Crippen LogP contribution in [0.5, 0.6) is 0 Å². The Bertz CT molecular complexity index is 1060. The quantitative estimate of drug-likeness (QED) is 0.391. The Hall–Kier alpha value is -3.61. The largest absolute Gasteiger partial charge is 0.456 e.